The first kappa shape index (κ1) is 16.7. The van der Waals surface area contributed by atoms with E-state index in [0.717, 1.165) is 17.2 Å². The van der Waals surface area contributed by atoms with Crippen LogP contribution < -0.4 is 0 Å². The molecule has 0 bridgehead atoms. The zero-order valence-corrected chi connectivity index (χ0v) is 14.5. The second-order valence-electron chi connectivity index (χ2n) is 5.64. The number of amidine groups is 1. The number of aliphatic hydroxyl groups is 1. The average molecular weight is 339 g/mol. The molecule has 1 atom stereocenters. The molecule has 1 unspecified atom stereocenters. The molecule has 1 fully saturated rings. The highest BCUT2D eigenvalue weighted by Gasteiger charge is 2.44. The standard InChI is InChI=1S/C19H21N3OS/c1-3-13-22-18(21-17-7-5-6-12-20-17)24-14-19(22,23)16-10-8-15(4-2)9-11-16/h3,5-12,23H,1,4,13-14H2,2H3/b21-18+. The van der Waals surface area contributed by atoms with E-state index in [2.05, 4.69) is 35.6 Å². The number of aliphatic imine (C=N–C) groups is 1. The van der Waals surface area contributed by atoms with Crippen LogP contribution in [0.5, 0.6) is 0 Å². The van der Waals surface area contributed by atoms with Crippen LogP contribution in [0.2, 0.25) is 0 Å². The van der Waals surface area contributed by atoms with Gasteiger partial charge in [0.1, 0.15) is 0 Å². The summed E-state index contributed by atoms with van der Waals surface area (Å²) in [6, 6.07) is 13.7. The summed E-state index contributed by atoms with van der Waals surface area (Å²) in [7, 11) is 0. The molecular weight excluding hydrogens is 318 g/mol. The van der Waals surface area contributed by atoms with Crippen molar-refractivity contribution in [3.8, 4) is 0 Å². The van der Waals surface area contributed by atoms with Gasteiger partial charge in [0.25, 0.3) is 0 Å². The Bertz CT molecular complexity index is 730. The van der Waals surface area contributed by atoms with Crippen molar-refractivity contribution < 1.29 is 5.11 Å². The van der Waals surface area contributed by atoms with Crippen LogP contribution in [0.3, 0.4) is 0 Å². The predicted molar refractivity (Wildman–Crippen MR) is 100 cm³/mol. The smallest absolute Gasteiger partial charge is 0.175 e. The second kappa shape index (κ2) is 7.20. The molecular formula is C19H21N3OS. The fraction of sp³-hybridized carbons (Fsp3) is 0.263. The molecule has 0 aliphatic carbocycles. The molecule has 1 aromatic heterocycles. The number of hydrogen-bond acceptors (Lipinski definition) is 4. The Morgan fingerprint density at radius 1 is 1.33 bits per heavy atom. The van der Waals surface area contributed by atoms with E-state index in [1.54, 1.807) is 12.3 Å². The van der Waals surface area contributed by atoms with Gasteiger partial charge in [-0.15, -0.1) is 6.58 Å². The first-order valence-corrected chi connectivity index (χ1v) is 8.99. The highest BCUT2D eigenvalue weighted by molar-refractivity contribution is 8.14. The Labute approximate surface area is 147 Å². The second-order valence-corrected chi connectivity index (χ2v) is 6.58. The predicted octanol–water partition coefficient (Wildman–Crippen LogP) is 3.71. The molecule has 2 aromatic rings. The lowest BCUT2D eigenvalue weighted by Crippen LogP contribution is -2.45. The van der Waals surface area contributed by atoms with Gasteiger partial charge in [0.15, 0.2) is 16.7 Å². The lowest BCUT2D eigenvalue weighted by molar-refractivity contribution is -0.0422. The summed E-state index contributed by atoms with van der Waals surface area (Å²) < 4.78 is 0. The van der Waals surface area contributed by atoms with Gasteiger partial charge < -0.3 is 10.0 Å². The molecule has 2 heterocycles. The van der Waals surface area contributed by atoms with Gasteiger partial charge in [-0.1, -0.05) is 55.1 Å². The minimum Gasteiger partial charge on any atom is -0.366 e. The molecule has 124 valence electrons. The van der Waals surface area contributed by atoms with E-state index in [-0.39, 0.29) is 0 Å². The van der Waals surface area contributed by atoms with Gasteiger partial charge in [-0.3, -0.25) is 0 Å². The minimum atomic E-state index is -1.08. The number of rotatable bonds is 5. The molecule has 0 amide bonds. The Morgan fingerprint density at radius 3 is 2.75 bits per heavy atom. The first-order valence-electron chi connectivity index (χ1n) is 8.00. The zero-order valence-electron chi connectivity index (χ0n) is 13.7. The van der Waals surface area contributed by atoms with E-state index in [0.29, 0.717) is 18.1 Å². The van der Waals surface area contributed by atoms with Crippen LogP contribution in [0.25, 0.3) is 0 Å². The van der Waals surface area contributed by atoms with Crippen molar-refractivity contribution in [3.63, 3.8) is 0 Å². The van der Waals surface area contributed by atoms with Crippen LogP contribution >= 0.6 is 11.8 Å². The van der Waals surface area contributed by atoms with Crippen molar-refractivity contribution in [1.29, 1.82) is 0 Å². The molecule has 0 saturated carbocycles. The van der Waals surface area contributed by atoms with Crippen LogP contribution in [0.4, 0.5) is 5.82 Å². The maximum absolute atomic E-state index is 11.3. The summed E-state index contributed by atoms with van der Waals surface area (Å²) >= 11 is 1.54. The van der Waals surface area contributed by atoms with Crippen LogP contribution in [-0.2, 0) is 12.1 Å². The summed E-state index contributed by atoms with van der Waals surface area (Å²) in [6.45, 7) is 6.46. The molecule has 1 aliphatic heterocycles. The van der Waals surface area contributed by atoms with Gasteiger partial charge in [-0.25, -0.2) is 9.98 Å². The van der Waals surface area contributed by atoms with E-state index < -0.39 is 5.72 Å². The Kier molecular flexibility index (Phi) is 5.02. The third-order valence-corrected chi connectivity index (χ3v) is 5.19. The van der Waals surface area contributed by atoms with Crippen molar-refractivity contribution in [2.45, 2.75) is 19.1 Å². The lowest BCUT2D eigenvalue weighted by Gasteiger charge is -2.33. The Hall–Kier alpha value is -2.11. The molecule has 0 radical (unpaired) electrons. The molecule has 0 spiro atoms. The molecule has 24 heavy (non-hydrogen) atoms. The Balaban J connectivity index is 1.95. The third-order valence-electron chi connectivity index (χ3n) is 4.08. The summed E-state index contributed by atoms with van der Waals surface area (Å²) in [5, 5.41) is 12.1. The number of hydrogen-bond donors (Lipinski definition) is 1. The third kappa shape index (κ3) is 3.23. The average Bonchev–Trinajstić information content (AvgIpc) is 2.94. The van der Waals surface area contributed by atoms with Crippen LogP contribution in [0.15, 0.2) is 66.3 Å². The minimum absolute atomic E-state index is 0.519. The van der Waals surface area contributed by atoms with E-state index in [4.69, 9.17) is 0 Å². The van der Waals surface area contributed by atoms with E-state index in [1.165, 1.54) is 17.3 Å². The molecule has 3 rings (SSSR count). The normalized spacial score (nSPS) is 22.1. The summed E-state index contributed by atoms with van der Waals surface area (Å²) in [5.74, 6) is 1.16. The van der Waals surface area contributed by atoms with Gasteiger partial charge in [-0.05, 0) is 24.1 Å². The van der Waals surface area contributed by atoms with E-state index in [9.17, 15) is 5.11 Å². The fourth-order valence-electron chi connectivity index (χ4n) is 2.69. The van der Waals surface area contributed by atoms with Gasteiger partial charge in [-0.2, -0.15) is 0 Å². The van der Waals surface area contributed by atoms with Gasteiger partial charge in [0, 0.05) is 18.3 Å². The van der Waals surface area contributed by atoms with Crippen molar-refractivity contribution in [2.75, 3.05) is 12.3 Å². The molecule has 1 N–H and O–H groups in total. The van der Waals surface area contributed by atoms with Gasteiger partial charge in [0.05, 0.1) is 5.75 Å². The van der Waals surface area contributed by atoms with Crippen LogP contribution in [0.1, 0.15) is 18.1 Å². The first-order chi connectivity index (χ1) is 11.7. The summed E-state index contributed by atoms with van der Waals surface area (Å²) in [4.78, 5) is 10.7. The molecule has 4 nitrogen and oxygen atoms in total. The summed E-state index contributed by atoms with van der Waals surface area (Å²) in [6.07, 6.45) is 4.48. The monoisotopic (exact) mass is 339 g/mol. The largest absolute Gasteiger partial charge is 0.366 e. The zero-order chi connectivity index (χ0) is 17.0. The maximum atomic E-state index is 11.3. The number of pyridine rings is 1. The van der Waals surface area contributed by atoms with E-state index >= 15 is 0 Å². The van der Waals surface area contributed by atoms with Crippen molar-refractivity contribution in [3.05, 3.63) is 72.4 Å². The molecule has 1 aromatic carbocycles. The maximum Gasteiger partial charge on any atom is 0.175 e. The van der Waals surface area contributed by atoms with E-state index in [1.807, 2.05) is 35.2 Å². The highest BCUT2D eigenvalue weighted by Crippen LogP contribution is 2.39. The SMILES string of the molecule is C=CCN1/C(=N\c2ccccn2)SCC1(O)c1ccc(CC)cc1. The number of thioether (sulfide) groups is 1. The van der Waals surface area contributed by atoms with Crippen molar-refractivity contribution >= 4 is 22.7 Å². The van der Waals surface area contributed by atoms with Crippen LogP contribution in [0, 0.1) is 0 Å². The Morgan fingerprint density at radius 2 is 2.12 bits per heavy atom. The number of benzene rings is 1. The lowest BCUT2D eigenvalue weighted by atomic mass is 10.0. The van der Waals surface area contributed by atoms with Gasteiger partial charge in [0.2, 0.25) is 0 Å². The topological polar surface area (TPSA) is 48.7 Å². The fourth-order valence-corrected chi connectivity index (χ4v) is 3.89. The van der Waals surface area contributed by atoms with Crippen molar-refractivity contribution in [2.24, 2.45) is 4.99 Å². The number of aromatic nitrogens is 1. The van der Waals surface area contributed by atoms with Crippen LogP contribution in [-0.4, -0.2) is 32.5 Å². The number of nitrogens with zero attached hydrogens (tertiary/aromatic N) is 3. The summed E-state index contributed by atoms with van der Waals surface area (Å²) in [5.41, 5.74) is 1.05. The number of aryl methyl sites for hydroxylation is 1. The molecule has 1 aliphatic rings. The molecule has 1 saturated heterocycles. The van der Waals surface area contributed by atoms with Crippen molar-refractivity contribution in [1.82, 2.24) is 9.88 Å². The molecule has 5 heteroatoms. The van der Waals surface area contributed by atoms with Gasteiger partial charge >= 0.3 is 0 Å². The highest BCUT2D eigenvalue weighted by atomic mass is 32.2. The quantitative estimate of drug-likeness (QED) is 0.844.